The van der Waals surface area contributed by atoms with Crippen molar-refractivity contribution >= 4 is 0 Å². The van der Waals surface area contributed by atoms with Crippen LogP contribution in [0.15, 0.2) is 11.6 Å². The van der Waals surface area contributed by atoms with E-state index in [0.29, 0.717) is 23.0 Å². The lowest BCUT2D eigenvalue weighted by molar-refractivity contribution is -0.162. The molecule has 4 fully saturated rings. The molecular weight excluding hydrogens is 446 g/mol. The monoisotopic (exact) mass is 501 g/mol. The summed E-state index contributed by atoms with van der Waals surface area (Å²) in [7, 11) is 0. The fourth-order valence-corrected chi connectivity index (χ4v) is 9.54. The third-order valence-corrected chi connectivity index (χ3v) is 11.6. The number of allylic oxidation sites excluding steroid dienone is 1. The van der Waals surface area contributed by atoms with Crippen LogP contribution in [-0.4, -0.2) is 38.3 Å². The molecule has 0 bridgehead atoms. The van der Waals surface area contributed by atoms with Gasteiger partial charge in [-0.15, -0.1) is 0 Å². The largest absolute Gasteiger partial charge is 0.378 e. The first-order chi connectivity index (χ1) is 17.4. The van der Waals surface area contributed by atoms with Crippen LogP contribution >= 0.6 is 0 Å². The average Bonchev–Trinajstić information content (AvgIpc) is 3.24. The molecule has 206 valence electrons. The second-order valence-corrected chi connectivity index (χ2v) is 13.7. The first-order valence-electron chi connectivity index (χ1n) is 15.7. The van der Waals surface area contributed by atoms with Crippen molar-refractivity contribution in [1.82, 2.24) is 0 Å². The molecule has 0 aromatic carbocycles. The van der Waals surface area contributed by atoms with Gasteiger partial charge >= 0.3 is 0 Å². The van der Waals surface area contributed by atoms with Gasteiger partial charge in [-0.25, -0.2) is 0 Å². The van der Waals surface area contributed by atoms with E-state index < -0.39 is 0 Å². The Bertz CT molecular complexity index is 746. The highest BCUT2D eigenvalue weighted by molar-refractivity contribution is 5.25. The van der Waals surface area contributed by atoms with E-state index in [1.165, 1.54) is 83.5 Å². The molecule has 5 aliphatic rings. The summed E-state index contributed by atoms with van der Waals surface area (Å²) in [6, 6.07) is 0.346. The summed E-state index contributed by atoms with van der Waals surface area (Å²) in [5.74, 6) is 3.37. The van der Waals surface area contributed by atoms with Gasteiger partial charge in [-0.05, 0) is 125 Å². The molecule has 5 unspecified atom stereocenters. The van der Waals surface area contributed by atoms with E-state index in [-0.39, 0.29) is 6.29 Å². The van der Waals surface area contributed by atoms with Crippen molar-refractivity contribution in [3.8, 4) is 0 Å². The fourth-order valence-electron chi connectivity index (χ4n) is 9.54. The van der Waals surface area contributed by atoms with Gasteiger partial charge in [0.1, 0.15) is 0 Å². The standard InChI is InChI=1S/C32H55NO3/c1-23(33)27-13-14-28-26-12-11-24-22-25(15-17-31(24,2)29(26)16-18-32(27,28)3)34-19-7-4-5-8-20-35-30-10-6-9-21-36-30/h11,23,25-30H,4-10,12-22,33H2,1-3H3/t23?,25-,26?,27+,28?,29?,30?,31-,32+/m0/s1. The molecule has 9 atom stereocenters. The Labute approximate surface area is 221 Å². The maximum atomic E-state index is 6.48. The maximum absolute atomic E-state index is 6.48. The van der Waals surface area contributed by atoms with E-state index in [1.54, 1.807) is 5.57 Å². The summed E-state index contributed by atoms with van der Waals surface area (Å²) in [5, 5.41) is 0. The van der Waals surface area contributed by atoms with Gasteiger partial charge in [0, 0.05) is 25.9 Å². The molecule has 4 aliphatic carbocycles. The van der Waals surface area contributed by atoms with Gasteiger partial charge in [0.25, 0.3) is 0 Å². The van der Waals surface area contributed by atoms with Gasteiger partial charge in [-0.2, -0.15) is 0 Å². The molecule has 36 heavy (non-hydrogen) atoms. The van der Waals surface area contributed by atoms with Crippen LogP contribution in [0.3, 0.4) is 0 Å². The van der Waals surface area contributed by atoms with E-state index in [9.17, 15) is 0 Å². The molecule has 4 nitrogen and oxygen atoms in total. The Kier molecular flexibility index (Phi) is 8.87. The number of hydrogen-bond acceptors (Lipinski definition) is 4. The van der Waals surface area contributed by atoms with E-state index in [1.807, 2.05) is 0 Å². The molecule has 0 aromatic heterocycles. The molecule has 5 rings (SSSR count). The van der Waals surface area contributed by atoms with Crippen LogP contribution in [0, 0.1) is 34.5 Å². The predicted octanol–water partition coefficient (Wildman–Crippen LogP) is 7.40. The van der Waals surface area contributed by atoms with E-state index in [2.05, 4.69) is 26.8 Å². The van der Waals surface area contributed by atoms with E-state index >= 15 is 0 Å². The summed E-state index contributed by atoms with van der Waals surface area (Å²) < 4.78 is 17.9. The van der Waals surface area contributed by atoms with Crippen molar-refractivity contribution in [2.45, 2.75) is 136 Å². The van der Waals surface area contributed by atoms with Crippen molar-refractivity contribution in [3.05, 3.63) is 11.6 Å². The Morgan fingerprint density at radius 1 is 0.944 bits per heavy atom. The second-order valence-electron chi connectivity index (χ2n) is 13.7. The zero-order valence-corrected chi connectivity index (χ0v) is 23.6. The number of hydrogen-bond donors (Lipinski definition) is 1. The Balaban J connectivity index is 1.04. The maximum Gasteiger partial charge on any atom is 0.157 e. The molecular formula is C32H55NO3. The second kappa shape index (κ2) is 11.8. The molecule has 0 radical (unpaired) electrons. The predicted molar refractivity (Wildman–Crippen MR) is 147 cm³/mol. The van der Waals surface area contributed by atoms with Crippen LogP contribution in [0.1, 0.15) is 117 Å². The van der Waals surface area contributed by atoms with Crippen LogP contribution < -0.4 is 5.73 Å². The van der Waals surface area contributed by atoms with Crippen LogP contribution in [0.2, 0.25) is 0 Å². The van der Waals surface area contributed by atoms with Crippen molar-refractivity contribution in [1.29, 1.82) is 0 Å². The van der Waals surface area contributed by atoms with Crippen molar-refractivity contribution in [2.24, 2.45) is 40.2 Å². The third-order valence-electron chi connectivity index (χ3n) is 11.6. The van der Waals surface area contributed by atoms with Crippen molar-refractivity contribution in [3.63, 3.8) is 0 Å². The number of nitrogens with two attached hydrogens (primary N) is 1. The SMILES string of the molecule is CC(N)[C@H]1CCC2C3CC=C4C[C@@H](OCCCCCCOC5CCCCO5)CC[C@]4(C)C3CC[C@@]21C. The zero-order valence-electron chi connectivity index (χ0n) is 23.6. The smallest absolute Gasteiger partial charge is 0.157 e. The molecule has 2 N–H and O–H groups in total. The average molecular weight is 502 g/mol. The van der Waals surface area contributed by atoms with Gasteiger partial charge in [-0.1, -0.05) is 38.3 Å². The first kappa shape index (κ1) is 27.2. The molecule has 1 saturated heterocycles. The summed E-state index contributed by atoms with van der Waals surface area (Å²) in [5.41, 5.74) is 9.12. The van der Waals surface area contributed by atoms with Gasteiger partial charge < -0.3 is 19.9 Å². The van der Waals surface area contributed by atoms with Gasteiger partial charge in [-0.3, -0.25) is 0 Å². The minimum atomic E-state index is 0.0614. The summed E-state index contributed by atoms with van der Waals surface area (Å²) in [4.78, 5) is 0. The van der Waals surface area contributed by atoms with Gasteiger partial charge in [0.2, 0.25) is 0 Å². The van der Waals surface area contributed by atoms with Gasteiger partial charge in [0.05, 0.1) is 6.10 Å². The fraction of sp³-hybridized carbons (Fsp3) is 0.938. The number of fused-ring (bicyclic) bond motifs is 5. The Morgan fingerprint density at radius 2 is 1.75 bits per heavy atom. The number of unbranched alkanes of at least 4 members (excludes halogenated alkanes) is 3. The molecule has 1 heterocycles. The Hall–Kier alpha value is -0.420. The minimum Gasteiger partial charge on any atom is -0.378 e. The van der Waals surface area contributed by atoms with Crippen LogP contribution in [0.5, 0.6) is 0 Å². The molecule has 1 aliphatic heterocycles. The van der Waals surface area contributed by atoms with Gasteiger partial charge in [0.15, 0.2) is 6.29 Å². The highest BCUT2D eigenvalue weighted by Crippen LogP contribution is 2.66. The molecule has 0 amide bonds. The number of ether oxygens (including phenoxy) is 3. The van der Waals surface area contributed by atoms with E-state index in [4.69, 9.17) is 19.9 Å². The number of rotatable bonds is 10. The molecule has 0 aromatic rings. The van der Waals surface area contributed by atoms with Crippen LogP contribution in [0.25, 0.3) is 0 Å². The van der Waals surface area contributed by atoms with E-state index in [0.717, 1.165) is 56.3 Å². The quantitative estimate of drug-likeness (QED) is 0.250. The topological polar surface area (TPSA) is 53.7 Å². The molecule has 4 heteroatoms. The highest BCUT2D eigenvalue weighted by Gasteiger charge is 2.59. The van der Waals surface area contributed by atoms with Crippen molar-refractivity contribution in [2.75, 3.05) is 19.8 Å². The lowest BCUT2D eigenvalue weighted by Crippen LogP contribution is -2.51. The van der Waals surface area contributed by atoms with Crippen molar-refractivity contribution < 1.29 is 14.2 Å². The van der Waals surface area contributed by atoms with Crippen LogP contribution in [-0.2, 0) is 14.2 Å². The minimum absolute atomic E-state index is 0.0614. The lowest BCUT2D eigenvalue weighted by atomic mass is 9.47. The summed E-state index contributed by atoms with van der Waals surface area (Å²) >= 11 is 0. The first-order valence-corrected chi connectivity index (χ1v) is 15.7. The summed E-state index contributed by atoms with van der Waals surface area (Å²) in [6.45, 7) is 10.1. The third kappa shape index (κ3) is 5.49. The highest BCUT2D eigenvalue weighted by atomic mass is 16.7. The summed E-state index contributed by atoms with van der Waals surface area (Å²) in [6.07, 6.45) is 22.1. The normalized spacial score (nSPS) is 43.3. The zero-order chi connectivity index (χ0) is 25.2. The molecule has 3 saturated carbocycles. The Morgan fingerprint density at radius 3 is 2.50 bits per heavy atom. The van der Waals surface area contributed by atoms with Crippen LogP contribution in [0.4, 0.5) is 0 Å². The molecule has 0 spiro atoms. The lowest BCUT2D eigenvalue weighted by Gasteiger charge is -2.58.